The molecule has 1 nitrogen and oxygen atoms in total. The number of aryl methyl sites for hydroxylation is 2. The summed E-state index contributed by atoms with van der Waals surface area (Å²) in [5, 5.41) is 0. The van der Waals surface area contributed by atoms with Gasteiger partial charge in [0.25, 0.3) is 0 Å². The van der Waals surface area contributed by atoms with E-state index in [-0.39, 0.29) is 0 Å². The largest absolute Gasteiger partial charge is 0.311 e. The van der Waals surface area contributed by atoms with Crippen LogP contribution in [-0.4, -0.2) is 0 Å². The second-order valence-corrected chi connectivity index (χ2v) is 10.1. The molecule has 0 spiro atoms. The van der Waals surface area contributed by atoms with Crippen molar-refractivity contribution in [3.8, 4) is 0 Å². The number of allylic oxidation sites excluding steroid dienone is 1. The van der Waals surface area contributed by atoms with Gasteiger partial charge in [-0.3, -0.25) is 0 Å². The van der Waals surface area contributed by atoms with Gasteiger partial charge in [0.2, 0.25) is 0 Å². The van der Waals surface area contributed by atoms with Crippen LogP contribution in [-0.2, 0) is 6.42 Å². The average Bonchev–Trinajstić information content (AvgIpc) is 2.94. The van der Waals surface area contributed by atoms with Crippen LogP contribution in [0, 0.1) is 13.8 Å². The zero-order valence-corrected chi connectivity index (χ0v) is 21.9. The summed E-state index contributed by atoms with van der Waals surface area (Å²) >= 11 is 0. The van der Waals surface area contributed by atoms with E-state index in [9.17, 15) is 0 Å². The third-order valence-electron chi connectivity index (χ3n) is 7.26. The van der Waals surface area contributed by atoms with Crippen molar-refractivity contribution in [3.05, 3.63) is 160 Å². The van der Waals surface area contributed by atoms with Crippen molar-refractivity contribution in [1.82, 2.24) is 0 Å². The molecule has 1 heteroatoms. The van der Waals surface area contributed by atoms with Gasteiger partial charge in [-0.2, -0.15) is 0 Å². The van der Waals surface area contributed by atoms with Gasteiger partial charge in [0.1, 0.15) is 0 Å². The summed E-state index contributed by atoms with van der Waals surface area (Å²) in [6.07, 6.45) is 7.73. The van der Waals surface area contributed by atoms with E-state index in [1.807, 2.05) is 0 Å². The normalized spacial score (nSPS) is 14.2. The maximum atomic E-state index is 2.35. The Balaban J connectivity index is 1.40. The third kappa shape index (κ3) is 4.96. The molecule has 0 saturated carbocycles. The van der Waals surface area contributed by atoms with Gasteiger partial charge in [0.05, 0.1) is 0 Å². The molecule has 0 N–H and O–H groups in total. The van der Waals surface area contributed by atoms with Gasteiger partial charge >= 0.3 is 0 Å². The molecule has 6 rings (SSSR count). The Bertz CT molecular complexity index is 1570. The minimum absolute atomic E-state index is 0.901. The first-order valence-electron chi connectivity index (χ1n) is 13.2. The number of nitrogens with zero attached hydrogens (tertiary/aromatic N) is 1. The Morgan fingerprint density at radius 3 is 1.66 bits per heavy atom. The number of hydrogen-bond donors (Lipinski definition) is 0. The van der Waals surface area contributed by atoms with Crippen molar-refractivity contribution in [2.75, 3.05) is 4.90 Å². The van der Waals surface area contributed by atoms with Crippen LogP contribution in [0.5, 0.6) is 0 Å². The van der Waals surface area contributed by atoms with E-state index in [0.717, 1.165) is 23.5 Å². The van der Waals surface area contributed by atoms with Crippen molar-refractivity contribution < 1.29 is 0 Å². The summed E-state index contributed by atoms with van der Waals surface area (Å²) in [4.78, 5) is 2.32. The summed E-state index contributed by atoms with van der Waals surface area (Å²) in [5.41, 5.74) is 13.7. The number of benzene rings is 5. The van der Waals surface area contributed by atoms with Crippen molar-refractivity contribution in [1.29, 1.82) is 0 Å². The van der Waals surface area contributed by atoms with Crippen LogP contribution in [0.25, 0.3) is 23.8 Å². The molecule has 0 amide bonds. The van der Waals surface area contributed by atoms with Crippen LogP contribution < -0.4 is 4.90 Å². The number of anilines is 3. The van der Waals surface area contributed by atoms with E-state index in [2.05, 4.69) is 158 Å². The highest BCUT2D eigenvalue weighted by Gasteiger charge is 2.14. The highest BCUT2D eigenvalue weighted by molar-refractivity contribution is 5.90. The van der Waals surface area contributed by atoms with Gasteiger partial charge in [-0.15, -0.1) is 0 Å². The van der Waals surface area contributed by atoms with Gasteiger partial charge in [-0.1, -0.05) is 114 Å². The Labute approximate surface area is 226 Å². The molecule has 5 aromatic rings. The molecular formula is C37H31N. The Hall–Kier alpha value is -4.62. The molecule has 184 valence electrons. The number of rotatable bonds is 4. The summed E-state index contributed by atoms with van der Waals surface area (Å²) in [6, 6.07) is 43.8. The topological polar surface area (TPSA) is 3.24 Å². The second-order valence-electron chi connectivity index (χ2n) is 10.1. The van der Waals surface area contributed by atoms with Crippen molar-refractivity contribution >= 4 is 40.9 Å². The zero-order chi connectivity index (χ0) is 25.9. The van der Waals surface area contributed by atoms with Crippen LogP contribution >= 0.6 is 0 Å². The van der Waals surface area contributed by atoms with E-state index < -0.39 is 0 Å². The van der Waals surface area contributed by atoms with Crippen molar-refractivity contribution in [2.24, 2.45) is 0 Å². The minimum Gasteiger partial charge on any atom is -0.311 e. The lowest BCUT2D eigenvalue weighted by Crippen LogP contribution is -2.09. The second kappa shape index (κ2) is 10.4. The maximum Gasteiger partial charge on any atom is 0.0462 e. The van der Waals surface area contributed by atoms with E-state index in [1.54, 1.807) is 0 Å². The molecule has 0 heterocycles. The lowest BCUT2D eigenvalue weighted by Gasteiger charge is -2.26. The fourth-order valence-electron chi connectivity index (χ4n) is 5.16. The van der Waals surface area contributed by atoms with Crippen molar-refractivity contribution in [2.45, 2.75) is 20.3 Å². The van der Waals surface area contributed by atoms with Gasteiger partial charge in [-0.05, 0) is 90.1 Å². The highest BCUT2D eigenvalue weighted by atomic mass is 15.1. The molecule has 0 radical (unpaired) electrons. The molecule has 38 heavy (non-hydrogen) atoms. The Kier molecular flexibility index (Phi) is 6.50. The first kappa shape index (κ1) is 23.8. The summed E-state index contributed by atoms with van der Waals surface area (Å²) in [5.74, 6) is 0. The predicted octanol–water partition coefficient (Wildman–Crippen LogP) is 10.0. The van der Waals surface area contributed by atoms with Gasteiger partial charge in [0.15, 0.2) is 0 Å². The summed E-state index contributed by atoms with van der Waals surface area (Å²) in [6.45, 7) is 4.26. The standard InChI is InChI=1S/C37H31N/c1-27-11-19-34(20-12-27)38(35-21-13-28(2)14-22-35)36-23-15-29(16-24-36)25-33-26-32-9-4-3-7-30(32)17-18-31-8-5-6-10-37(31)33/h3-25H,26H2,1-2H3/b18-17-,33-25-. The quantitative estimate of drug-likeness (QED) is 0.243. The Morgan fingerprint density at radius 1 is 0.526 bits per heavy atom. The van der Waals surface area contributed by atoms with Crippen molar-refractivity contribution in [3.63, 3.8) is 0 Å². The molecule has 0 atom stereocenters. The fraction of sp³-hybridized carbons (Fsp3) is 0.0811. The molecule has 0 bridgehead atoms. The molecule has 0 aromatic heterocycles. The van der Waals surface area contributed by atoms with E-state index in [4.69, 9.17) is 0 Å². The minimum atomic E-state index is 0.901. The SMILES string of the molecule is Cc1ccc(N(c2ccc(C)cc2)c2ccc(/C=C3/Cc4ccccc4/C=C\c4ccccc43)cc2)cc1. The summed E-state index contributed by atoms with van der Waals surface area (Å²) < 4.78 is 0. The van der Waals surface area contributed by atoms with Crippen LogP contribution in [0.3, 0.4) is 0 Å². The first-order valence-corrected chi connectivity index (χ1v) is 13.2. The first-order chi connectivity index (χ1) is 18.6. The van der Waals surface area contributed by atoms with Gasteiger partial charge in [0, 0.05) is 17.1 Å². The molecule has 1 aliphatic carbocycles. The monoisotopic (exact) mass is 489 g/mol. The zero-order valence-electron chi connectivity index (χ0n) is 21.9. The molecule has 1 aliphatic rings. The lowest BCUT2D eigenvalue weighted by atomic mass is 9.88. The average molecular weight is 490 g/mol. The van der Waals surface area contributed by atoms with E-state index in [1.165, 1.54) is 44.5 Å². The predicted molar refractivity (Wildman–Crippen MR) is 164 cm³/mol. The number of hydrogen-bond acceptors (Lipinski definition) is 1. The van der Waals surface area contributed by atoms with Crippen LogP contribution in [0.2, 0.25) is 0 Å². The molecule has 0 aliphatic heterocycles. The van der Waals surface area contributed by atoms with E-state index in [0.29, 0.717) is 0 Å². The van der Waals surface area contributed by atoms with Crippen LogP contribution in [0.1, 0.15) is 38.9 Å². The van der Waals surface area contributed by atoms with E-state index >= 15 is 0 Å². The molecule has 0 unspecified atom stereocenters. The van der Waals surface area contributed by atoms with Gasteiger partial charge < -0.3 is 4.90 Å². The van der Waals surface area contributed by atoms with Crippen LogP contribution in [0.15, 0.2) is 121 Å². The molecule has 0 fully saturated rings. The molecule has 5 aromatic carbocycles. The Morgan fingerprint density at radius 2 is 1.03 bits per heavy atom. The third-order valence-corrected chi connectivity index (χ3v) is 7.26. The fourth-order valence-corrected chi connectivity index (χ4v) is 5.16. The molecular weight excluding hydrogens is 458 g/mol. The molecule has 0 saturated heterocycles. The lowest BCUT2D eigenvalue weighted by molar-refractivity contribution is 1.26. The van der Waals surface area contributed by atoms with Gasteiger partial charge in [-0.25, -0.2) is 0 Å². The number of fused-ring (bicyclic) bond motifs is 2. The maximum absolute atomic E-state index is 2.35. The highest BCUT2D eigenvalue weighted by Crippen LogP contribution is 2.36. The smallest absolute Gasteiger partial charge is 0.0462 e. The summed E-state index contributed by atoms with van der Waals surface area (Å²) in [7, 11) is 0. The van der Waals surface area contributed by atoms with Crippen LogP contribution in [0.4, 0.5) is 17.1 Å².